The third-order valence-corrected chi connectivity index (χ3v) is 6.78. The van der Waals surface area contributed by atoms with Crippen molar-refractivity contribution in [1.29, 1.82) is 0 Å². The van der Waals surface area contributed by atoms with Crippen LogP contribution < -0.4 is 10.6 Å². The molecule has 0 radical (unpaired) electrons. The molecular formula is C23H28N2O4S. The van der Waals surface area contributed by atoms with Crippen LogP contribution in [0.1, 0.15) is 65.4 Å². The van der Waals surface area contributed by atoms with Gasteiger partial charge in [0.15, 0.2) is 0 Å². The minimum absolute atomic E-state index is 0.0484. The van der Waals surface area contributed by atoms with E-state index in [0.717, 1.165) is 42.5 Å². The molecular weight excluding hydrogens is 400 g/mol. The number of benzene rings is 1. The standard InChI is InChI=1S/C23H28N2O4S/c1-3-15-11-12-16-18(13-15)30-23(25-19(26)9-6-10-20(27)28)21(16)22(29)24-17-8-5-4-7-14(17)2/h4-5,7-8,15H,3,6,9-13H2,1-2H3,(H,24,29)(H,25,26)(H,27,28). The van der Waals surface area contributed by atoms with E-state index in [9.17, 15) is 14.4 Å². The van der Waals surface area contributed by atoms with E-state index < -0.39 is 5.97 Å². The fourth-order valence-corrected chi connectivity index (χ4v) is 5.19. The van der Waals surface area contributed by atoms with Gasteiger partial charge in [-0.2, -0.15) is 0 Å². The Labute approximate surface area is 180 Å². The Morgan fingerprint density at radius 3 is 2.63 bits per heavy atom. The van der Waals surface area contributed by atoms with Crippen molar-refractivity contribution in [3.63, 3.8) is 0 Å². The topological polar surface area (TPSA) is 95.5 Å². The number of fused-ring (bicyclic) bond motifs is 1. The van der Waals surface area contributed by atoms with Crippen LogP contribution in [0.4, 0.5) is 10.7 Å². The minimum Gasteiger partial charge on any atom is -0.481 e. The quantitative estimate of drug-likeness (QED) is 0.550. The van der Waals surface area contributed by atoms with Crippen LogP contribution in [0.15, 0.2) is 24.3 Å². The van der Waals surface area contributed by atoms with Gasteiger partial charge < -0.3 is 15.7 Å². The number of carbonyl (C=O) groups is 3. The molecule has 0 fully saturated rings. The van der Waals surface area contributed by atoms with Crippen LogP contribution in [-0.2, 0) is 22.4 Å². The van der Waals surface area contributed by atoms with E-state index in [1.165, 1.54) is 16.2 Å². The van der Waals surface area contributed by atoms with E-state index in [0.29, 0.717) is 16.5 Å². The molecule has 30 heavy (non-hydrogen) atoms. The van der Waals surface area contributed by atoms with Gasteiger partial charge in [-0.05, 0) is 55.7 Å². The summed E-state index contributed by atoms with van der Waals surface area (Å²) in [6.45, 7) is 4.12. The van der Waals surface area contributed by atoms with Gasteiger partial charge in [-0.15, -0.1) is 11.3 Å². The summed E-state index contributed by atoms with van der Waals surface area (Å²) in [6, 6.07) is 7.60. The Morgan fingerprint density at radius 1 is 1.17 bits per heavy atom. The van der Waals surface area contributed by atoms with Gasteiger partial charge in [0.2, 0.25) is 5.91 Å². The summed E-state index contributed by atoms with van der Waals surface area (Å²) in [6.07, 6.45) is 4.23. The number of rotatable bonds is 8. The van der Waals surface area contributed by atoms with Gasteiger partial charge in [0.05, 0.1) is 5.56 Å². The third kappa shape index (κ3) is 5.27. The number of aliphatic carboxylic acids is 1. The van der Waals surface area contributed by atoms with Gasteiger partial charge in [0.25, 0.3) is 5.91 Å². The molecule has 3 rings (SSSR count). The molecule has 1 aromatic heterocycles. The predicted molar refractivity (Wildman–Crippen MR) is 119 cm³/mol. The fourth-order valence-electron chi connectivity index (χ4n) is 3.82. The Balaban J connectivity index is 1.85. The van der Waals surface area contributed by atoms with Crippen molar-refractivity contribution in [3.05, 3.63) is 45.8 Å². The van der Waals surface area contributed by atoms with Crippen molar-refractivity contribution in [1.82, 2.24) is 0 Å². The number of para-hydroxylation sites is 1. The molecule has 0 spiro atoms. The zero-order valence-electron chi connectivity index (χ0n) is 17.4. The SMILES string of the molecule is CCC1CCc2c(sc(NC(=O)CCCC(=O)O)c2C(=O)Nc2ccccc2C)C1. The fraction of sp³-hybridized carbons (Fsp3) is 0.435. The number of aryl methyl sites for hydroxylation is 1. The highest BCUT2D eigenvalue weighted by Gasteiger charge is 2.29. The number of carbonyl (C=O) groups excluding carboxylic acids is 2. The zero-order valence-corrected chi connectivity index (χ0v) is 18.2. The second kappa shape index (κ2) is 9.89. The largest absolute Gasteiger partial charge is 0.481 e. The number of nitrogens with one attached hydrogen (secondary N) is 2. The Hall–Kier alpha value is -2.67. The normalized spacial score (nSPS) is 15.3. The van der Waals surface area contributed by atoms with Gasteiger partial charge in [0, 0.05) is 23.4 Å². The smallest absolute Gasteiger partial charge is 0.303 e. The molecule has 0 bridgehead atoms. The number of hydrogen-bond donors (Lipinski definition) is 3. The van der Waals surface area contributed by atoms with Crippen LogP contribution >= 0.6 is 11.3 Å². The first-order valence-electron chi connectivity index (χ1n) is 10.4. The van der Waals surface area contributed by atoms with Crippen LogP contribution in [0.5, 0.6) is 0 Å². The molecule has 1 atom stereocenters. The molecule has 2 amide bonds. The van der Waals surface area contributed by atoms with Crippen molar-refractivity contribution < 1.29 is 19.5 Å². The molecule has 1 heterocycles. The first-order valence-corrected chi connectivity index (χ1v) is 11.2. The molecule has 0 aliphatic heterocycles. The molecule has 1 aliphatic carbocycles. The van der Waals surface area contributed by atoms with Gasteiger partial charge in [0.1, 0.15) is 5.00 Å². The summed E-state index contributed by atoms with van der Waals surface area (Å²) >= 11 is 1.48. The molecule has 6 nitrogen and oxygen atoms in total. The van der Waals surface area contributed by atoms with Crippen molar-refractivity contribution in [2.45, 2.75) is 58.8 Å². The summed E-state index contributed by atoms with van der Waals surface area (Å²) in [5, 5.41) is 15.2. The zero-order chi connectivity index (χ0) is 21.7. The molecule has 3 N–H and O–H groups in total. The van der Waals surface area contributed by atoms with Crippen molar-refractivity contribution in [3.8, 4) is 0 Å². The van der Waals surface area contributed by atoms with Gasteiger partial charge >= 0.3 is 5.97 Å². The minimum atomic E-state index is -0.918. The molecule has 2 aromatic rings. The monoisotopic (exact) mass is 428 g/mol. The number of anilines is 2. The van der Waals surface area contributed by atoms with Gasteiger partial charge in [-0.25, -0.2) is 0 Å². The predicted octanol–water partition coefficient (Wildman–Crippen LogP) is 5.02. The molecule has 1 aliphatic rings. The second-order valence-electron chi connectivity index (χ2n) is 7.79. The molecule has 7 heteroatoms. The highest BCUT2D eigenvalue weighted by molar-refractivity contribution is 7.17. The maximum atomic E-state index is 13.2. The van der Waals surface area contributed by atoms with Crippen molar-refractivity contribution in [2.24, 2.45) is 5.92 Å². The molecule has 160 valence electrons. The summed E-state index contributed by atoms with van der Waals surface area (Å²) < 4.78 is 0. The van der Waals surface area contributed by atoms with Crippen molar-refractivity contribution in [2.75, 3.05) is 10.6 Å². The molecule has 1 aromatic carbocycles. The highest BCUT2D eigenvalue weighted by Crippen LogP contribution is 2.41. The Bertz CT molecular complexity index is 951. The number of carboxylic acids is 1. The number of hydrogen-bond acceptors (Lipinski definition) is 4. The average molecular weight is 429 g/mol. The van der Waals surface area contributed by atoms with Crippen LogP contribution in [0.3, 0.4) is 0 Å². The Kier molecular flexibility index (Phi) is 7.26. The van der Waals surface area contributed by atoms with Crippen LogP contribution in [0.2, 0.25) is 0 Å². The summed E-state index contributed by atoms with van der Waals surface area (Å²) in [5.74, 6) is -0.787. The van der Waals surface area contributed by atoms with E-state index in [1.54, 1.807) is 0 Å². The van der Waals surface area contributed by atoms with E-state index in [-0.39, 0.29) is 31.1 Å². The molecule has 1 unspecified atom stereocenters. The van der Waals surface area contributed by atoms with Crippen molar-refractivity contribution >= 4 is 39.8 Å². The number of thiophene rings is 1. The van der Waals surface area contributed by atoms with E-state index >= 15 is 0 Å². The lowest BCUT2D eigenvalue weighted by atomic mass is 9.85. The second-order valence-corrected chi connectivity index (χ2v) is 8.89. The molecule has 0 saturated heterocycles. The van der Waals surface area contributed by atoms with E-state index in [1.807, 2.05) is 31.2 Å². The molecule has 0 saturated carbocycles. The maximum Gasteiger partial charge on any atom is 0.303 e. The lowest BCUT2D eigenvalue weighted by Crippen LogP contribution is -2.20. The first-order chi connectivity index (χ1) is 14.4. The van der Waals surface area contributed by atoms with Crippen LogP contribution in [-0.4, -0.2) is 22.9 Å². The Morgan fingerprint density at radius 2 is 1.93 bits per heavy atom. The van der Waals surface area contributed by atoms with Crippen LogP contribution in [0, 0.1) is 12.8 Å². The van der Waals surface area contributed by atoms with E-state index in [4.69, 9.17) is 5.11 Å². The lowest BCUT2D eigenvalue weighted by molar-refractivity contribution is -0.137. The number of carboxylic acid groups (broad SMARTS) is 1. The maximum absolute atomic E-state index is 13.2. The summed E-state index contributed by atoms with van der Waals surface area (Å²) in [7, 11) is 0. The highest BCUT2D eigenvalue weighted by atomic mass is 32.1. The summed E-state index contributed by atoms with van der Waals surface area (Å²) in [4.78, 5) is 37.5. The lowest BCUT2D eigenvalue weighted by Gasteiger charge is -2.21. The van der Waals surface area contributed by atoms with Crippen LogP contribution in [0.25, 0.3) is 0 Å². The first kappa shape index (κ1) is 22.0. The van der Waals surface area contributed by atoms with Gasteiger partial charge in [-0.1, -0.05) is 31.5 Å². The average Bonchev–Trinajstić information content (AvgIpc) is 3.06. The van der Waals surface area contributed by atoms with E-state index in [2.05, 4.69) is 17.6 Å². The number of amides is 2. The third-order valence-electron chi connectivity index (χ3n) is 5.61. The van der Waals surface area contributed by atoms with Gasteiger partial charge in [-0.3, -0.25) is 14.4 Å². The summed E-state index contributed by atoms with van der Waals surface area (Å²) in [5.41, 5.74) is 3.32.